The van der Waals surface area contributed by atoms with Crippen LogP contribution < -0.4 is 4.90 Å². The van der Waals surface area contributed by atoms with Gasteiger partial charge in [-0.25, -0.2) is 0 Å². The summed E-state index contributed by atoms with van der Waals surface area (Å²) in [5.74, 6) is 0.284. The molecule has 3 heteroatoms. The quantitative estimate of drug-likeness (QED) is 0.747. The van der Waals surface area contributed by atoms with Gasteiger partial charge in [0.05, 0.1) is 13.2 Å². The van der Waals surface area contributed by atoms with Gasteiger partial charge in [0.2, 0.25) is 0 Å². The highest BCUT2D eigenvalue weighted by molar-refractivity contribution is 5.59. The van der Waals surface area contributed by atoms with Gasteiger partial charge in [-0.15, -0.1) is 0 Å². The summed E-state index contributed by atoms with van der Waals surface area (Å²) in [6, 6.07) is 8.36. The summed E-state index contributed by atoms with van der Waals surface area (Å²) in [4.78, 5) is 13.0. The SMILES string of the molecule is CC(CC=O)c1ccccc1N1CCOCC1. The highest BCUT2D eigenvalue weighted by atomic mass is 16.5. The molecular formula is C14H19NO2. The van der Waals surface area contributed by atoms with Crippen LogP contribution in [0.25, 0.3) is 0 Å². The van der Waals surface area contributed by atoms with Crippen molar-refractivity contribution in [3.05, 3.63) is 29.8 Å². The Morgan fingerprint density at radius 1 is 1.35 bits per heavy atom. The van der Waals surface area contributed by atoms with Gasteiger partial charge < -0.3 is 14.4 Å². The molecule has 1 unspecified atom stereocenters. The third kappa shape index (κ3) is 2.86. The molecule has 92 valence electrons. The Bertz CT molecular complexity index is 372. The van der Waals surface area contributed by atoms with E-state index >= 15 is 0 Å². The first-order chi connectivity index (χ1) is 8.33. The zero-order valence-corrected chi connectivity index (χ0v) is 10.3. The first-order valence-corrected chi connectivity index (χ1v) is 6.18. The zero-order valence-electron chi connectivity index (χ0n) is 10.3. The fourth-order valence-corrected chi connectivity index (χ4v) is 2.27. The number of aldehydes is 1. The molecule has 0 spiro atoms. The van der Waals surface area contributed by atoms with Crippen molar-refractivity contribution >= 4 is 12.0 Å². The Kier molecular flexibility index (Phi) is 4.15. The largest absolute Gasteiger partial charge is 0.378 e. The first kappa shape index (κ1) is 12.1. The lowest BCUT2D eigenvalue weighted by atomic mass is 9.96. The molecule has 1 saturated heterocycles. The van der Waals surface area contributed by atoms with Crippen molar-refractivity contribution < 1.29 is 9.53 Å². The van der Waals surface area contributed by atoms with Crippen molar-refractivity contribution in [3.63, 3.8) is 0 Å². The monoisotopic (exact) mass is 233 g/mol. The van der Waals surface area contributed by atoms with Gasteiger partial charge in [0.25, 0.3) is 0 Å². The third-order valence-electron chi connectivity index (χ3n) is 3.27. The molecule has 0 N–H and O–H groups in total. The van der Waals surface area contributed by atoms with Crippen molar-refractivity contribution in [1.29, 1.82) is 0 Å². The molecule has 1 heterocycles. The molecule has 1 aromatic rings. The number of rotatable bonds is 4. The molecular weight excluding hydrogens is 214 g/mol. The molecule has 1 aliphatic rings. The van der Waals surface area contributed by atoms with E-state index in [1.54, 1.807) is 0 Å². The van der Waals surface area contributed by atoms with Crippen molar-refractivity contribution in [2.24, 2.45) is 0 Å². The molecule has 1 fully saturated rings. The maximum atomic E-state index is 10.6. The number of para-hydroxylation sites is 1. The van der Waals surface area contributed by atoms with E-state index < -0.39 is 0 Å². The summed E-state index contributed by atoms with van der Waals surface area (Å²) in [6.07, 6.45) is 1.59. The Morgan fingerprint density at radius 3 is 2.76 bits per heavy atom. The molecule has 0 radical (unpaired) electrons. The van der Waals surface area contributed by atoms with E-state index in [2.05, 4.69) is 30.0 Å². The molecule has 2 rings (SSSR count). The van der Waals surface area contributed by atoms with Crippen LogP contribution in [0.2, 0.25) is 0 Å². The fourth-order valence-electron chi connectivity index (χ4n) is 2.27. The lowest BCUT2D eigenvalue weighted by Crippen LogP contribution is -2.36. The van der Waals surface area contributed by atoms with Crippen LogP contribution in [0, 0.1) is 0 Å². The number of morpholine rings is 1. The molecule has 0 aliphatic carbocycles. The summed E-state index contributed by atoms with van der Waals surface area (Å²) in [5.41, 5.74) is 2.52. The second kappa shape index (κ2) is 5.82. The summed E-state index contributed by atoms with van der Waals surface area (Å²) in [7, 11) is 0. The van der Waals surface area contributed by atoms with Gasteiger partial charge in [-0.1, -0.05) is 25.1 Å². The number of nitrogens with zero attached hydrogens (tertiary/aromatic N) is 1. The maximum absolute atomic E-state index is 10.6. The van der Waals surface area contributed by atoms with Gasteiger partial charge in [-0.3, -0.25) is 0 Å². The van der Waals surface area contributed by atoms with Crippen LogP contribution in [-0.2, 0) is 9.53 Å². The molecule has 17 heavy (non-hydrogen) atoms. The summed E-state index contributed by atoms with van der Waals surface area (Å²) in [6.45, 7) is 5.55. The summed E-state index contributed by atoms with van der Waals surface area (Å²) >= 11 is 0. The van der Waals surface area contributed by atoms with E-state index in [1.165, 1.54) is 11.3 Å². The van der Waals surface area contributed by atoms with E-state index in [1.807, 2.05) is 6.07 Å². The van der Waals surface area contributed by atoms with Crippen LogP contribution in [-0.4, -0.2) is 32.6 Å². The Balaban J connectivity index is 2.22. The topological polar surface area (TPSA) is 29.5 Å². The minimum absolute atomic E-state index is 0.284. The number of ether oxygens (including phenoxy) is 1. The molecule has 0 aromatic heterocycles. The van der Waals surface area contributed by atoms with Gasteiger partial charge in [-0.05, 0) is 17.5 Å². The molecule has 1 aromatic carbocycles. The van der Waals surface area contributed by atoms with Crippen LogP contribution in [0.1, 0.15) is 24.8 Å². The molecule has 1 atom stereocenters. The standard InChI is InChI=1S/C14H19NO2/c1-12(6-9-16)13-4-2-3-5-14(13)15-7-10-17-11-8-15/h2-5,9,12H,6-8,10-11H2,1H3. The number of hydrogen-bond donors (Lipinski definition) is 0. The first-order valence-electron chi connectivity index (χ1n) is 6.18. The minimum Gasteiger partial charge on any atom is -0.378 e. The normalized spacial score (nSPS) is 17.8. The molecule has 0 saturated carbocycles. The van der Waals surface area contributed by atoms with Gasteiger partial charge in [0.1, 0.15) is 6.29 Å². The van der Waals surface area contributed by atoms with Crippen LogP contribution in [0.15, 0.2) is 24.3 Å². The number of anilines is 1. The van der Waals surface area contributed by atoms with Crippen LogP contribution in [0.4, 0.5) is 5.69 Å². The highest BCUT2D eigenvalue weighted by Gasteiger charge is 2.17. The van der Waals surface area contributed by atoms with E-state index in [0.717, 1.165) is 32.6 Å². The van der Waals surface area contributed by atoms with Crippen LogP contribution in [0.5, 0.6) is 0 Å². The van der Waals surface area contributed by atoms with Crippen molar-refractivity contribution in [3.8, 4) is 0 Å². The van der Waals surface area contributed by atoms with Gasteiger partial charge >= 0.3 is 0 Å². The van der Waals surface area contributed by atoms with Gasteiger partial charge in [-0.2, -0.15) is 0 Å². The highest BCUT2D eigenvalue weighted by Crippen LogP contribution is 2.29. The Morgan fingerprint density at radius 2 is 2.06 bits per heavy atom. The van der Waals surface area contributed by atoms with E-state index in [9.17, 15) is 4.79 Å². The Labute approximate surface area is 102 Å². The zero-order chi connectivity index (χ0) is 12.1. The number of carbonyl (C=O) groups is 1. The minimum atomic E-state index is 0.284. The lowest BCUT2D eigenvalue weighted by Gasteiger charge is -2.31. The number of benzene rings is 1. The predicted octanol–water partition coefficient (Wildman–Crippen LogP) is 2.22. The molecule has 0 bridgehead atoms. The van der Waals surface area contributed by atoms with Gasteiger partial charge in [0, 0.05) is 25.2 Å². The second-order valence-corrected chi connectivity index (χ2v) is 4.46. The Hall–Kier alpha value is -1.35. The van der Waals surface area contributed by atoms with E-state index in [0.29, 0.717) is 6.42 Å². The lowest BCUT2D eigenvalue weighted by molar-refractivity contribution is -0.108. The predicted molar refractivity (Wildman–Crippen MR) is 68.6 cm³/mol. The van der Waals surface area contributed by atoms with Crippen LogP contribution in [0.3, 0.4) is 0 Å². The molecule has 0 amide bonds. The van der Waals surface area contributed by atoms with Crippen molar-refractivity contribution in [2.75, 3.05) is 31.2 Å². The second-order valence-electron chi connectivity index (χ2n) is 4.46. The van der Waals surface area contributed by atoms with Crippen LogP contribution >= 0.6 is 0 Å². The van der Waals surface area contributed by atoms with Crippen molar-refractivity contribution in [2.45, 2.75) is 19.3 Å². The van der Waals surface area contributed by atoms with Gasteiger partial charge in [0.15, 0.2) is 0 Å². The average molecular weight is 233 g/mol. The summed E-state index contributed by atoms with van der Waals surface area (Å²) < 4.78 is 5.37. The molecule has 3 nitrogen and oxygen atoms in total. The third-order valence-corrected chi connectivity index (χ3v) is 3.27. The average Bonchev–Trinajstić information content (AvgIpc) is 2.40. The number of hydrogen-bond acceptors (Lipinski definition) is 3. The summed E-state index contributed by atoms with van der Waals surface area (Å²) in [5, 5.41) is 0. The van der Waals surface area contributed by atoms with E-state index in [4.69, 9.17) is 4.74 Å². The number of carbonyl (C=O) groups excluding carboxylic acids is 1. The van der Waals surface area contributed by atoms with E-state index in [-0.39, 0.29) is 5.92 Å². The maximum Gasteiger partial charge on any atom is 0.120 e. The smallest absolute Gasteiger partial charge is 0.120 e. The van der Waals surface area contributed by atoms with Crippen molar-refractivity contribution in [1.82, 2.24) is 0 Å². The molecule has 1 aliphatic heterocycles. The fraction of sp³-hybridized carbons (Fsp3) is 0.500.